The first-order valence-electron chi connectivity index (χ1n) is 9.12. The van der Waals surface area contributed by atoms with Crippen molar-refractivity contribution in [3.05, 3.63) is 0 Å². The fourth-order valence-corrected chi connectivity index (χ4v) is 5.56. The fraction of sp³-hybridized carbons (Fsp3) is 1.00. The molecule has 0 aromatic carbocycles. The SMILES string of the molecule is CCCC(C)(N(C(C)(C)I)C(C)(C)CC(C)CC)C(C)(C)C. The number of rotatable bonds is 8. The number of nitrogens with zero attached hydrogens (tertiary/aromatic N) is 1. The van der Waals surface area contributed by atoms with Crippen LogP contribution in [0.3, 0.4) is 0 Å². The first-order valence-corrected chi connectivity index (χ1v) is 10.2. The standard InChI is InChI=1S/C20H42IN/c1-12-14-20(11,17(4,5)6)22(19(9,10)21)18(7,8)15-16(3)13-2/h16H,12-15H2,1-11H3. The van der Waals surface area contributed by atoms with Gasteiger partial charge < -0.3 is 0 Å². The normalized spacial score (nSPS) is 18.4. The van der Waals surface area contributed by atoms with Crippen LogP contribution in [0, 0.1) is 11.3 Å². The minimum atomic E-state index is 0.131. The Morgan fingerprint density at radius 1 is 0.909 bits per heavy atom. The van der Waals surface area contributed by atoms with Crippen LogP contribution in [0.5, 0.6) is 0 Å². The molecule has 0 aliphatic rings. The largest absolute Gasteiger partial charge is 0.278 e. The van der Waals surface area contributed by atoms with E-state index in [1.807, 2.05) is 0 Å². The summed E-state index contributed by atoms with van der Waals surface area (Å²) in [5.41, 5.74) is 0.624. The Labute approximate surface area is 155 Å². The lowest BCUT2D eigenvalue weighted by atomic mass is 9.68. The predicted octanol–water partition coefficient (Wildman–Crippen LogP) is 7.28. The Morgan fingerprint density at radius 2 is 1.36 bits per heavy atom. The van der Waals surface area contributed by atoms with E-state index in [4.69, 9.17) is 0 Å². The van der Waals surface area contributed by atoms with Gasteiger partial charge in [0.1, 0.15) is 0 Å². The maximum absolute atomic E-state index is 2.84. The maximum atomic E-state index is 2.84. The molecule has 0 heterocycles. The molecule has 1 nitrogen and oxygen atoms in total. The van der Waals surface area contributed by atoms with E-state index in [-0.39, 0.29) is 20.0 Å². The summed E-state index contributed by atoms with van der Waals surface area (Å²) in [5, 5.41) is 0. The lowest BCUT2D eigenvalue weighted by molar-refractivity contribution is -0.0973. The molecular formula is C20H42IN. The number of alkyl halides is 1. The van der Waals surface area contributed by atoms with Gasteiger partial charge in [-0.15, -0.1) is 0 Å². The van der Waals surface area contributed by atoms with Crippen molar-refractivity contribution in [1.82, 2.24) is 4.90 Å². The molecule has 2 heteroatoms. The highest BCUT2D eigenvalue weighted by Crippen LogP contribution is 2.49. The van der Waals surface area contributed by atoms with E-state index in [9.17, 15) is 0 Å². The monoisotopic (exact) mass is 423 g/mol. The molecule has 0 fully saturated rings. The Morgan fingerprint density at radius 3 is 1.64 bits per heavy atom. The van der Waals surface area contributed by atoms with Crippen molar-refractivity contribution in [1.29, 1.82) is 0 Å². The Kier molecular flexibility index (Phi) is 7.96. The second-order valence-electron chi connectivity index (χ2n) is 9.55. The van der Waals surface area contributed by atoms with Crippen LogP contribution in [0.1, 0.15) is 102 Å². The summed E-state index contributed by atoms with van der Waals surface area (Å²) < 4.78 is 0.131. The predicted molar refractivity (Wildman–Crippen MR) is 111 cm³/mol. The van der Waals surface area contributed by atoms with Crippen LogP contribution in [-0.2, 0) is 0 Å². The molecule has 0 aliphatic heterocycles. The second kappa shape index (κ2) is 7.72. The van der Waals surface area contributed by atoms with Crippen LogP contribution >= 0.6 is 22.6 Å². The van der Waals surface area contributed by atoms with Gasteiger partial charge in [0, 0.05) is 11.1 Å². The molecule has 0 saturated carbocycles. The highest BCUT2D eigenvalue weighted by atomic mass is 127. The summed E-state index contributed by atoms with van der Waals surface area (Å²) in [6, 6.07) is 0. The Bertz CT molecular complexity index is 335. The molecule has 0 saturated heterocycles. The number of halogens is 1. The molecule has 0 bridgehead atoms. The van der Waals surface area contributed by atoms with Gasteiger partial charge in [0.05, 0.1) is 3.55 Å². The molecule has 134 valence electrons. The van der Waals surface area contributed by atoms with Gasteiger partial charge in [0.25, 0.3) is 0 Å². The van der Waals surface area contributed by atoms with Gasteiger partial charge in [0.2, 0.25) is 0 Å². The van der Waals surface area contributed by atoms with Crippen LogP contribution in [0.2, 0.25) is 0 Å². The van der Waals surface area contributed by atoms with E-state index in [1.165, 1.54) is 25.7 Å². The molecule has 2 atom stereocenters. The third-order valence-electron chi connectivity index (χ3n) is 5.53. The second-order valence-corrected chi connectivity index (χ2v) is 12.2. The van der Waals surface area contributed by atoms with E-state index < -0.39 is 0 Å². The summed E-state index contributed by atoms with van der Waals surface area (Å²) in [6.45, 7) is 26.4. The van der Waals surface area contributed by atoms with Crippen LogP contribution in [0.4, 0.5) is 0 Å². The van der Waals surface area contributed by atoms with Gasteiger partial charge in [-0.1, -0.05) is 77.0 Å². The van der Waals surface area contributed by atoms with Gasteiger partial charge in [-0.05, 0) is 58.8 Å². The average Bonchev–Trinajstić information content (AvgIpc) is 2.24. The molecule has 0 rings (SSSR count). The first kappa shape index (κ1) is 22.7. The van der Waals surface area contributed by atoms with E-state index in [1.54, 1.807) is 0 Å². The summed E-state index contributed by atoms with van der Waals surface area (Å²) in [6.07, 6.45) is 4.99. The molecule has 0 N–H and O–H groups in total. The zero-order valence-electron chi connectivity index (χ0n) is 17.2. The molecule has 2 unspecified atom stereocenters. The fourth-order valence-electron chi connectivity index (χ4n) is 4.37. The minimum Gasteiger partial charge on any atom is -0.278 e. The zero-order chi connectivity index (χ0) is 18.0. The van der Waals surface area contributed by atoms with Gasteiger partial charge in [-0.2, -0.15) is 0 Å². The van der Waals surface area contributed by atoms with Gasteiger partial charge in [-0.3, -0.25) is 4.90 Å². The molecule has 0 radical (unpaired) electrons. The van der Waals surface area contributed by atoms with Crippen molar-refractivity contribution in [2.45, 2.75) is 116 Å². The van der Waals surface area contributed by atoms with Crippen molar-refractivity contribution in [2.24, 2.45) is 11.3 Å². The van der Waals surface area contributed by atoms with Crippen molar-refractivity contribution in [3.63, 3.8) is 0 Å². The molecule has 0 spiro atoms. The highest BCUT2D eigenvalue weighted by molar-refractivity contribution is 14.1. The summed E-state index contributed by atoms with van der Waals surface area (Å²) in [4.78, 5) is 2.84. The van der Waals surface area contributed by atoms with Crippen LogP contribution < -0.4 is 0 Å². The Hall–Kier alpha value is 0.690. The average molecular weight is 423 g/mol. The third-order valence-corrected chi connectivity index (χ3v) is 6.01. The van der Waals surface area contributed by atoms with Crippen LogP contribution in [0.15, 0.2) is 0 Å². The molecule has 22 heavy (non-hydrogen) atoms. The van der Waals surface area contributed by atoms with Crippen molar-refractivity contribution in [2.75, 3.05) is 0 Å². The lowest BCUT2D eigenvalue weighted by Crippen LogP contribution is -2.67. The molecule has 0 aromatic rings. The van der Waals surface area contributed by atoms with Gasteiger partial charge in [0.15, 0.2) is 0 Å². The summed E-state index contributed by atoms with van der Waals surface area (Å²) >= 11 is 2.65. The van der Waals surface area contributed by atoms with Crippen molar-refractivity contribution in [3.8, 4) is 0 Å². The third kappa shape index (κ3) is 5.36. The summed E-state index contributed by atoms with van der Waals surface area (Å²) in [7, 11) is 0. The molecule has 0 aliphatic carbocycles. The molecular weight excluding hydrogens is 381 g/mol. The minimum absolute atomic E-state index is 0.131. The zero-order valence-corrected chi connectivity index (χ0v) is 19.4. The van der Waals surface area contributed by atoms with Crippen LogP contribution in [-0.4, -0.2) is 19.5 Å². The van der Waals surface area contributed by atoms with E-state index in [2.05, 4.69) is 104 Å². The summed E-state index contributed by atoms with van der Waals surface area (Å²) in [5.74, 6) is 0.766. The van der Waals surface area contributed by atoms with E-state index in [0.717, 1.165) is 5.92 Å². The lowest BCUT2D eigenvalue weighted by Gasteiger charge is -2.61. The number of hydrogen-bond acceptors (Lipinski definition) is 1. The quantitative estimate of drug-likeness (QED) is 0.225. The maximum Gasteiger partial charge on any atom is 0.0682 e. The van der Waals surface area contributed by atoms with Gasteiger partial charge >= 0.3 is 0 Å². The van der Waals surface area contributed by atoms with Crippen molar-refractivity contribution < 1.29 is 0 Å². The smallest absolute Gasteiger partial charge is 0.0682 e. The first-order chi connectivity index (χ1) is 9.63. The van der Waals surface area contributed by atoms with Crippen molar-refractivity contribution >= 4 is 22.6 Å². The molecule has 0 aromatic heterocycles. The topological polar surface area (TPSA) is 3.24 Å². The number of hydrogen-bond donors (Lipinski definition) is 0. The van der Waals surface area contributed by atoms with Crippen LogP contribution in [0.25, 0.3) is 0 Å². The highest BCUT2D eigenvalue weighted by Gasteiger charge is 2.52. The Balaban J connectivity index is 6.00. The van der Waals surface area contributed by atoms with E-state index >= 15 is 0 Å². The van der Waals surface area contributed by atoms with E-state index in [0.29, 0.717) is 0 Å². The van der Waals surface area contributed by atoms with Gasteiger partial charge in [-0.25, -0.2) is 0 Å². The molecule has 0 amide bonds.